The lowest BCUT2D eigenvalue weighted by Crippen LogP contribution is -2.42. The highest BCUT2D eigenvalue weighted by Gasteiger charge is 2.69. The van der Waals surface area contributed by atoms with E-state index >= 15 is 0 Å². The predicted octanol–water partition coefficient (Wildman–Crippen LogP) is 4.04. The largest absolute Gasteiger partial charge is 0.198 e. The molecule has 3 aliphatic carbocycles. The summed E-state index contributed by atoms with van der Waals surface area (Å²) in [6, 6.07) is 5.25. The van der Waals surface area contributed by atoms with E-state index in [0.29, 0.717) is 11.8 Å². The number of hydrogen-bond acceptors (Lipinski definition) is 2. The first-order valence-corrected chi connectivity index (χ1v) is 7.52. The van der Waals surface area contributed by atoms with Crippen LogP contribution in [0.1, 0.15) is 58.3 Å². The van der Waals surface area contributed by atoms with Gasteiger partial charge in [-0.05, 0) is 57.3 Å². The fourth-order valence-electron chi connectivity index (χ4n) is 4.82. The summed E-state index contributed by atoms with van der Waals surface area (Å²) in [5.74, 6) is 1.23. The molecule has 3 fully saturated rings. The molecule has 0 aromatic heterocycles. The first-order valence-electron chi connectivity index (χ1n) is 7.52. The minimum absolute atomic E-state index is 0.0483. The molecule has 0 bridgehead atoms. The first-order chi connectivity index (χ1) is 8.71. The standard InChI is InChI=1S/C16H22N2/c1-12(10-17)15(8-9-15)16(11-18,14-6-7-14)13-4-2-3-5-13/h12-14H,2-9H2,1H3. The van der Waals surface area contributed by atoms with Crippen LogP contribution in [0.15, 0.2) is 0 Å². The van der Waals surface area contributed by atoms with Gasteiger partial charge in [0, 0.05) is 5.41 Å². The second-order valence-corrected chi connectivity index (χ2v) is 6.74. The maximum absolute atomic E-state index is 10.0. The van der Waals surface area contributed by atoms with Crippen LogP contribution in [-0.2, 0) is 0 Å². The topological polar surface area (TPSA) is 47.6 Å². The zero-order chi connectivity index (χ0) is 12.8. The zero-order valence-electron chi connectivity index (χ0n) is 11.3. The summed E-state index contributed by atoms with van der Waals surface area (Å²) >= 11 is 0. The van der Waals surface area contributed by atoms with Gasteiger partial charge in [-0.2, -0.15) is 10.5 Å². The third kappa shape index (κ3) is 1.38. The van der Waals surface area contributed by atoms with E-state index in [0.717, 1.165) is 12.8 Å². The van der Waals surface area contributed by atoms with Crippen LogP contribution in [0.3, 0.4) is 0 Å². The van der Waals surface area contributed by atoms with E-state index in [9.17, 15) is 10.5 Å². The van der Waals surface area contributed by atoms with Gasteiger partial charge in [0.05, 0.1) is 23.5 Å². The molecule has 96 valence electrons. The van der Waals surface area contributed by atoms with Gasteiger partial charge < -0.3 is 0 Å². The lowest BCUT2D eigenvalue weighted by Gasteiger charge is -2.42. The summed E-state index contributed by atoms with van der Waals surface area (Å²) in [5.41, 5.74) is -0.106. The van der Waals surface area contributed by atoms with Crippen molar-refractivity contribution in [2.45, 2.75) is 58.3 Å². The molecular weight excluding hydrogens is 220 g/mol. The summed E-state index contributed by atoms with van der Waals surface area (Å²) in [6.45, 7) is 2.05. The summed E-state index contributed by atoms with van der Waals surface area (Å²) in [7, 11) is 0. The summed E-state index contributed by atoms with van der Waals surface area (Å²) in [5, 5.41) is 19.4. The van der Waals surface area contributed by atoms with E-state index in [1.807, 2.05) is 0 Å². The van der Waals surface area contributed by atoms with Gasteiger partial charge in [-0.25, -0.2) is 0 Å². The Bertz CT molecular complexity index is 413. The van der Waals surface area contributed by atoms with Crippen LogP contribution in [0.25, 0.3) is 0 Å². The average Bonchev–Trinajstić information content (AvgIpc) is 3.31. The Morgan fingerprint density at radius 2 is 1.61 bits per heavy atom. The minimum atomic E-state index is -0.154. The monoisotopic (exact) mass is 242 g/mol. The SMILES string of the molecule is CC(C#N)C1(C(C#N)(C2CCCC2)C2CC2)CC1. The van der Waals surface area contributed by atoms with Gasteiger partial charge in [-0.3, -0.25) is 0 Å². The van der Waals surface area contributed by atoms with Gasteiger partial charge in [0.25, 0.3) is 0 Å². The van der Waals surface area contributed by atoms with Gasteiger partial charge in [-0.15, -0.1) is 0 Å². The van der Waals surface area contributed by atoms with Crippen LogP contribution in [0.5, 0.6) is 0 Å². The van der Waals surface area contributed by atoms with Crippen molar-refractivity contribution in [3.8, 4) is 12.1 Å². The highest BCUT2D eigenvalue weighted by atomic mass is 14.7. The first kappa shape index (κ1) is 12.0. The summed E-state index contributed by atoms with van der Waals surface area (Å²) in [6.07, 6.45) is 9.71. The van der Waals surface area contributed by atoms with Crippen molar-refractivity contribution in [2.75, 3.05) is 0 Å². The van der Waals surface area contributed by atoms with E-state index in [2.05, 4.69) is 19.1 Å². The van der Waals surface area contributed by atoms with Crippen molar-refractivity contribution >= 4 is 0 Å². The summed E-state index contributed by atoms with van der Waals surface area (Å²) < 4.78 is 0. The molecule has 3 aliphatic rings. The predicted molar refractivity (Wildman–Crippen MR) is 69.2 cm³/mol. The molecule has 0 amide bonds. The Kier molecular flexibility index (Phi) is 2.67. The van der Waals surface area contributed by atoms with Gasteiger partial charge in [0.2, 0.25) is 0 Å². The van der Waals surface area contributed by atoms with Gasteiger partial charge in [-0.1, -0.05) is 12.8 Å². The highest BCUT2D eigenvalue weighted by Crippen LogP contribution is 2.73. The molecule has 0 aliphatic heterocycles. The molecule has 0 spiro atoms. The lowest BCUT2D eigenvalue weighted by molar-refractivity contribution is 0.0655. The van der Waals surface area contributed by atoms with Crippen molar-refractivity contribution < 1.29 is 0 Å². The Morgan fingerprint density at radius 3 is 2.00 bits per heavy atom. The van der Waals surface area contributed by atoms with Crippen molar-refractivity contribution in [3.05, 3.63) is 0 Å². The molecule has 2 heteroatoms. The molecule has 3 rings (SSSR count). The Morgan fingerprint density at radius 1 is 1.06 bits per heavy atom. The highest BCUT2D eigenvalue weighted by molar-refractivity contribution is 5.27. The van der Waals surface area contributed by atoms with Crippen LogP contribution in [0.2, 0.25) is 0 Å². The fourth-order valence-corrected chi connectivity index (χ4v) is 4.82. The second kappa shape index (κ2) is 3.99. The maximum Gasteiger partial charge on any atom is 0.0701 e. The lowest BCUT2D eigenvalue weighted by atomic mass is 9.57. The number of rotatable bonds is 4. The molecule has 0 aromatic carbocycles. The van der Waals surface area contributed by atoms with Gasteiger partial charge in [0.15, 0.2) is 0 Å². The Labute approximate surface area is 110 Å². The number of nitriles is 2. The maximum atomic E-state index is 10.0. The molecule has 2 atom stereocenters. The zero-order valence-corrected chi connectivity index (χ0v) is 11.3. The molecule has 0 radical (unpaired) electrons. The number of nitrogens with zero attached hydrogens (tertiary/aromatic N) is 2. The quantitative estimate of drug-likeness (QED) is 0.747. The van der Waals surface area contributed by atoms with E-state index in [-0.39, 0.29) is 16.7 Å². The van der Waals surface area contributed by atoms with Crippen molar-refractivity contribution in [1.82, 2.24) is 0 Å². The van der Waals surface area contributed by atoms with Crippen LogP contribution in [0.4, 0.5) is 0 Å². The molecule has 0 aromatic rings. The average molecular weight is 242 g/mol. The third-order valence-electron chi connectivity index (χ3n) is 6.04. The minimum Gasteiger partial charge on any atom is -0.198 e. The van der Waals surface area contributed by atoms with Crippen LogP contribution < -0.4 is 0 Å². The van der Waals surface area contributed by atoms with Gasteiger partial charge >= 0.3 is 0 Å². The van der Waals surface area contributed by atoms with E-state index in [4.69, 9.17) is 0 Å². The van der Waals surface area contributed by atoms with Crippen molar-refractivity contribution in [3.63, 3.8) is 0 Å². The number of hydrogen-bond donors (Lipinski definition) is 0. The normalized spacial score (nSPS) is 31.1. The Balaban J connectivity index is 2.00. The molecule has 3 saturated carbocycles. The smallest absolute Gasteiger partial charge is 0.0701 e. The van der Waals surface area contributed by atoms with E-state index in [1.165, 1.54) is 38.5 Å². The van der Waals surface area contributed by atoms with E-state index < -0.39 is 0 Å². The van der Waals surface area contributed by atoms with Gasteiger partial charge in [0.1, 0.15) is 0 Å². The second-order valence-electron chi connectivity index (χ2n) is 6.74. The molecule has 0 saturated heterocycles. The molecule has 0 N–H and O–H groups in total. The van der Waals surface area contributed by atoms with Crippen LogP contribution in [-0.4, -0.2) is 0 Å². The summed E-state index contributed by atoms with van der Waals surface area (Å²) in [4.78, 5) is 0. The van der Waals surface area contributed by atoms with E-state index in [1.54, 1.807) is 0 Å². The van der Waals surface area contributed by atoms with Crippen molar-refractivity contribution in [1.29, 1.82) is 10.5 Å². The third-order valence-corrected chi connectivity index (χ3v) is 6.04. The molecule has 2 nitrogen and oxygen atoms in total. The molecule has 18 heavy (non-hydrogen) atoms. The Hall–Kier alpha value is -1.02. The van der Waals surface area contributed by atoms with Crippen LogP contribution >= 0.6 is 0 Å². The molecule has 2 unspecified atom stereocenters. The molecular formula is C16H22N2. The van der Waals surface area contributed by atoms with Crippen molar-refractivity contribution in [2.24, 2.45) is 28.6 Å². The molecule has 0 heterocycles. The van der Waals surface area contributed by atoms with Crippen LogP contribution in [0, 0.1) is 51.2 Å². The fraction of sp³-hybridized carbons (Fsp3) is 0.875.